The minimum Gasteiger partial charge on any atom is -1.00 e. The van der Waals surface area contributed by atoms with E-state index in [4.69, 9.17) is 9.47 Å². The van der Waals surface area contributed by atoms with Crippen LogP contribution in [-0.4, -0.2) is 101 Å². The highest BCUT2D eigenvalue weighted by molar-refractivity contribution is 5.91. The van der Waals surface area contributed by atoms with Gasteiger partial charge in [0.1, 0.15) is 0 Å². The number of rotatable bonds is 36. The molecule has 5 N–H and O–H groups in total. The summed E-state index contributed by atoms with van der Waals surface area (Å²) >= 11 is 0. The molecule has 6 amide bonds. The summed E-state index contributed by atoms with van der Waals surface area (Å²) in [4.78, 5) is 48.2. The molecular formula is C49H98ClIN6O6. The second-order valence-electron chi connectivity index (χ2n) is 18.4. The molecule has 0 unspecified atom stereocenters. The number of alkyl carbamates (subject to hydrolysis) is 2. The number of ether oxygens (including phenoxy) is 2. The number of carbonyl (C=O) groups is 4. The fraction of sp³-hybridized carbons (Fsp3) is 0.918. The molecule has 0 aromatic carbocycles. The van der Waals surface area contributed by atoms with Crippen molar-refractivity contribution in [3.05, 3.63) is 0 Å². The van der Waals surface area contributed by atoms with Gasteiger partial charge in [0.05, 0.1) is 72.6 Å². The molecule has 12 nitrogen and oxygen atoms in total. The van der Waals surface area contributed by atoms with E-state index in [1.54, 1.807) is 0 Å². The molecule has 0 radical (unpaired) electrons. The van der Waals surface area contributed by atoms with E-state index in [9.17, 15) is 19.2 Å². The summed E-state index contributed by atoms with van der Waals surface area (Å²) in [5, 5.41) is 9.96. The van der Waals surface area contributed by atoms with Crippen LogP contribution in [-0.2, 0) is 9.47 Å². The number of amides is 6. The minimum absolute atomic E-state index is 0. The third-order valence-corrected chi connectivity index (χ3v) is 12.6. The third-order valence-electron chi connectivity index (χ3n) is 12.6. The molecule has 0 aromatic heterocycles. The number of imide groups is 2. The van der Waals surface area contributed by atoms with E-state index >= 15 is 0 Å². The van der Waals surface area contributed by atoms with Crippen molar-refractivity contribution < 1.29 is 74.4 Å². The van der Waals surface area contributed by atoms with Gasteiger partial charge >= 0.3 is 24.2 Å². The van der Waals surface area contributed by atoms with Crippen molar-refractivity contribution in [1.82, 2.24) is 21.3 Å². The van der Waals surface area contributed by atoms with Gasteiger partial charge in [-0.15, -0.1) is 0 Å². The lowest BCUT2D eigenvalue weighted by atomic mass is 10.0. The van der Waals surface area contributed by atoms with Gasteiger partial charge in [-0.3, -0.25) is 0 Å². The first kappa shape index (κ1) is 63.5. The zero-order valence-corrected chi connectivity index (χ0v) is 43.8. The van der Waals surface area contributed by atoms with Gasteiger partial charge < -0.3 is 65.9 Å². The van der Waals surface area contributed by atoms with E-state index in [1.807, 2.05) is 0 Å². The van der Waals surface area contributed by atoms with E-state index in [-0.39, 0.29) is 36.4 Å². The Bertz CT molecular complexity index is 1070. The number of unbranched alkanes of at least 4 members (excludes halogenated alkanes) is 26. The maximum absolute atomic E-state index is 11.8. The molecule has 0 saturated carbocycles. The highest BCUT2D eigenvalue weighted by Gasteiger charge is 2.26. The SMILES string of the molecule is CCCCCCCCCCCCCCCCOC(=O)NC(=O)NCC[N+]1(C)CCCC1.CCCCCCCCCCCCCCCCOC(=O)NC(=O)NCC[NH+]1CCCC1.[Cl-].[I-]. The van der Waals surface area contributed by atoms with Crippen LogP contribution in [0.4, 0.5) is 19.2 Å². The zero-order chi connectivity index (χ0) is 44.3. The molecule has 14 heteroatoms. The summed E-state index contributed by atoms with van der Waals surface area (Å²) in [5.74, 6) is 0. The van der Waals surface area contributed by atoms with Crippen molar-refractivity contribution in [2.75, 3.05) is 72.6 Å². The summed E-state index contributed by atoms with van der Waals surface area (Å²) in [6, 6.07) is -0.920. The molecule has 2 aliphatic rings. The first-order chi connectivity index (χ1) is 29.8. The predicted octanol–water partition coefficient (Wildman–Crippen LogP) is 4.73. The fourth-order valence-corrected chi connectivity index (χ4v) is 8.51. The van der Waals surface area contributed by atoms with Crippen LogP contribution in [0.5, 0.6) is 0 Å². The third kappa shape index (κ3) is 42.8. The molecule has 63 heavy (non-hydrogen) atoms. The second kappa shape index (κ2) is 46.9. The first-order valence-electron chi connectivity index (χ1n) is 25.9. The Morgan fingerprint density at radius 2 is 0.794 bits per heavy atom. The normalized spacial score (nSPS) is 14.1. The average molecular weight is 1030 g/mol. The van der Waals surface area contributed by atoms with Gasteiger partial charge in [0, 0.05) is 25.7 Å². The van der Waals surface area contributed by atoms with Crippen LogP contribution in [0.1, 0.15) is 219 Å². The summed E-state index contributed by atoms with van der Waals surface area (Å²) in [5.41, 5.74) is 0. The van der Waals surface area contributed by atoms with Crippen LogP contribution in [0.3, 0.4) is 0 Å². The van der Waals surface area contributed by atoms with Gasteiger partial charge in [-0.25, -0.2) is 29.8 Å². The molecule has 0 bridgehead atoms. The van der Waals surface area contributed by atoms with Gasteiger partial charge in [-0.1, -0.05) is 181 Å². The summed E-state index contributed by atoms with van der Waals surface area (Å²) in [6.45, 7) is 13.0. The van der Waals surface area contributed by atoms with Gasteiger partial charge in [-0.2, -0.15) is 0 Å². The Hall–Kier alpha value is -1.58. The number of hydrogen-bond acceptors (Lipinski definition) is 6. The standard InChI is InChI=1S/C25H49N3O3.C24H47N3O3.ClH.HI/c1-3-4-5-6-7-8-9-10-11-12-13-14-15-18-23-31-25(30)27-24(29)26-19-22-28(2)20-16-17-21-28;1-2-3-4-5-6-7-8-9-10-11-12-13-14-17-22-30-24(29)26-23(28)25-18-21-27-19-15-16-20-27;;/h3-23H2,1-2H3,(H-,26,27,29,30);2-22H2,1H3,(H2,25,26,28,29);2*1H. The highest BCUT2D eigenvalue weighted by atomic mass is 127. The molecule has 374 valence electrons. The van der Waals surface area contributed by atoms with Crippen molar-refractivity contribution in [1.29, 1.82) is 0 Å². The maximum Gasteiger partial charge on any atom is 0.415 e. The highest BCUT2D eigenvalue weighted by Crippen LogP contribution is 2.16. The van der Waals surface area contributed by atoms with Crippen LogP contribution in [0.2, 0.25) is 0 Å². The molecule has 2 rings (SSSR count). The lowest BCUT2D eigenvalue weighted by Crippen LogP contribution is -3.10. The van der Waals surface area contributed by atoms with Gasteiger partial charge in [0.25, 0.3) is 0 Å². The number of halogens is 2. The minimum atomic E-state index is -0.645. The van der Waals surface area contributed by atoms with Crippen LogP contribution in [0.25, 0.3) is 0 Å². The molecule has 2 saturated heterocycles. The molecule has 0 atom stereocenters. The largest absolute Gasteiger partial charge is 1.00 e. The number of hydrogen-bond donors (Lipinski definition) is 5. The van der Waals surface area contributed by atoms with Crippen LogP contribution in [0.15, 0.2) is 0 Å². The number of quaternary nitrogens is 2. The predicted molar refractivity (Wildman–Crippen MR) is 251 cm³/mol. The van der Waals surface area contributed by atoms with Gasteiger partial charge in [-0.05, 0) is 12.8 Å². The lowest BCUT2D eigenvalue weighted by Gasteiger charge is -2.29. The Balaban J connectivity index is 0. The molecular weight excluding hydrogens is 931 g/mol. The maximum atomic E-state index is 11.8. The molecule has 0 aliphatic carbocycles. The topological polar surface area (TPSA) is 139 Å². The first-order valence-corrected chi connectivity index (χ1v) is 25.9. The van der Waals surface area contributed by atoms with E-state index in [2.05, 4.69) is 42.2 Å². The van der Waals surface area contributed by atoms with Crippen molar-refractivity contribution in [2.24, 2.45) is 0 Å². The quantitative estimate of drug-likeness (QED) is 0.0350. The van der Waals surface area contributed by atoms with Gasteiger partial charge in [0.2, 0.25) is 0 Å². The summed E-state index contributed by atoms with van der Waals surface area (Å²) < 4.78 is 11.2. The second-order valence-corrected chi connectivity index (χ2v) is 18.4. The van der Waals surface area contributed by atoms with Gasteiger partial charge in [0.15, 0.2) is 0 Å². The number of carbonyl (C=O) groups excluding carboxylic acids is 4. The molecule has 2 fully saturated rings. The Kier molecular flexibility index (Phi) is 47.3. The molecule has 0 spiro atoms. The Labute approximate surface area is 409 Å². The number of likely N-dealkylation sites (tertiary alicyclic amines) is 2. The monoisotopic (exact) mass is 1030 g/mol. The number of nitrogens with zero attached hydrogens (tertiary/aromatic N) is 1. The number of urea groups is 2. The Morgan fingerprint density at radius 3 is 1.14 bits per heavy atom. The summed E-state index contributed by atoms with van der Waals surface area (Å²) in [7, 11) is 2.22. The van der Waals surface area contributed by atoms with Crippen LogP contribution >= 0.6 is 0 Å². The Morgan fingerprint density at radius 1 is 0.476 bits per heavy atom. The van der Waals surface area contributed by atoms with Crippen molar-refractivity contribution in [2.45, 2.75) is 219 Å². The summed E-state index contributed by atoms with van der Waals surface area (Å²) in [6.07, 6.45) is 40.2. The van der Waals surface area contributed by atoms with Crippen LogP contribution < -0.4 is 62.6 Å². The smallest absolute Gasteiger partial charge is 0.415 e. The number of nitrogens with one attached hydrogen (secondary N) is 5. The zero-order valence-electron chi connectivity index (χ0n) is 40.9. The molecule has 2 heterocycles. The number of likely N-dealkylation sites (N-methyl/N-ethyl adjacent to an activating group) is 1. The van der Waals surface area contributed by atoms with E-state index in [1.165, 1.54) is 211 Å². The van der Waals surface area contributed by atoms with Crippen molar-refractivity contribution in [3.8, 4) is 0 Å². The van der Waals surface area contributed by atoms with Crippen molar-refractivity contribution >= 4 is 24.2 Å². The van der Waals surface area contributed by atoms with E-state index in [0.29, 0.717) is 26.3 Å². The lowest BCUT2D eigenvalue weighted by molar-refractivity contribution is -0.896. The molecule has 0 aromatic rings. The average Bonchev–Trinajstić information content (AvgIpc) is 3.93. The molecule has 2 aliphatic heterocycles. The van der Waals surface area contributed by atoms with Crippen molar-refractivity contribution in [3.63, 3.8) is 0 Å². The van der Waals surface area contributed by atoms with E-state index in [0.717, 1.165) is 43.3 Å². The van der Waals surface area contributed by atoms with Crippen LogP contribution in [0, 0.1) is 0 Å². The van der Waals surface area contributed by atoms with E-state index < -0.39 is 24.2 Å². The fourth-order valence-electron chi connectivity index (χ4n) is 8.51.